The van der Waals surface area contributed by atoms with Gasteiger partial charge in [0.25, 0.3) is 5.91 Å². The van der Waals surface area contributed by atoms with E-state index in [1.165, 1.54) is 0 Å². The molecule has 0 saturated carbocycles. The Bertz CT molecular complexity index is 563. The first-order chi connectivity index (χ1) is 9.24. The molecule has 1 amide bonds. The zero-order valence-corrected chi connectivity index (χ0v) is 11.1. The summed E-state index contributed by atoms with van der Waals surface area (Å²) in [6.07, 6.45) is 2.53. The largest absolute Gasteiger partial charge is 0.380 e. The second kappa shape index (κ2) is 6.15. The lowest BCUT2D eigenvalue weighted by molar-refractivity contribution is 0.102. The lowest BCUT2D eigenvalue weighted by Gasteiger charge is -2.06. The molecule has 0 aliphatic carbocycles. The van der Waals surface area contributed by atoms with Crippen LogP contribution in [0.3, 0.4) is 0 Å². The number of benzene rings is 1. The number of aryl methyl sites for hydroxylation is 1. The van der Waals surface area contributed by atoms with Gasteiger partial charge in [-0.1, -0.05) is 19.1 Å². The minimum absolute atomic E-state index is 0.156. The van der Waals surface area contributed by atoms with Gasteiger partial charge < -0.3 is 10.1 Å². The van der Waals surface area contributed by atoms with Crippen molar-refractivity contribution in [3.8, 4) is 0 Å². The lowest BCUT2D eigenvalue weighted by Crippen LogP contribution is -2.13. The third-order valence-electron chi connectivity index (χ3n) is 2.84. The van der Waals surface area contributed by atoms with Gasteiger partial charge in [0.2, 0.25) is 0 Å². The van der Waals surface area contributed by atoms with Crippen LogP contribution in [0.1, 0.15) is 28.4 Å². The molecule has 0 fully saturated rings. The number of H-pyrrole nitrogens is 1. The Kier molecular flexibility index (Phi) is 4.30. The number of rotatable bonds is 5. The molecule has 1 aromatic carbocycles. The van der Waals surface area contributed by atoms with Gasteiger partial charge >= 0.3 is 0 Å². The molecule has 5 nitrogen and oxygen atoms in total. The molecule has 2 rings (SSSR count). The maximum Gasteiger partial charge on any atom is 0.256 e. The highest BCUT2D eigenvalue weighted by Gasteiger charge is 2.10. The summed E-state index contributed by atoms with van der Waals surface area (Å²) < 4.78 is 5.06. The predicted molar refractivity (Wildman–Crippen MR) is 73.1 cm³/mol. The van der Waals surface area contributed by atoms with Crippen LogP contribution in [-0.2, 0) is 17.8 Å². The number of hydrogen-bond donors (Lipinski definition) is 2. The highest BCUT2D eigenvalue weighted by Crippen LogP contribution is 2.14. The maximum absolute atomic E-state index is 12.1. The minimum atomic E-state index is -0.156. The minimum Gasteiger partial charge on any atom is -0.380 e. The molecule has 0 radical (unpaired) electrons. The molecule has 0 aliphatic rings. The summed E-state index contributed by atoms with van der Waals surface area (Å²) in [6, 6.07) is 7.36. The van der Waals surface area contributed by atoms with Crippen LogP contribution >= 0.6 is 0 Å². The van der Waals surface area contributed by atoms with Gasteiger partial charge in [-0.15, -0.1) is 0 Å². The topological polar surface area (TPSA) is 67.0 Å². The number of aromatic nitrogens is 2. The quantitative estimate of drug-likeness (QED) is 0.866. The Balaban J connectivity index is 2.13. The van der Waals surface area contributed by atoms with E-state index in [0.29, 0.717) is 18.0 Å². The van der Waals surface area contributed by atoms with E-state index in [-0.39, 0.29) is 5.91 Å². The first-order valence-corrected chi connectivity index (χ1v) is 6.16. The van der Waals surface area contributed by atoms with Crippen LogP contribution in [0.5, 0.6) is 0 Å². The first kappa shape index (κ1) is 13.3. The summed E-state index contributed by atoms with van der Waals surface area (Å²) in [5.41, 5.74) is 2.56. The molecule has 0 saturated heterocycles. The summed E-state index contributed by atoms with van der Waals surface area (Å²) in [6.45, 7) is 2.51. The Morgan fingerprint density at radius 1 is 1.47 bits per heavy atom. The number of amides is 1. The first-order valence-electron chi connectivity index (χ1n) is 6.16. The molecule has 1 heterocycles. The Morgan fingerprint density at radius 2 is 2.32 bits per heavy atom. The fourth-order valence-corrected chi connectivity index (χ4v) is 1.84. The van der Waals surface area contributed by atoms with E-state index in [9.17, 15) is 4.79 Å². The lowest BCUT2D eigenvalue weighted by atomic mass is 10.1. The van der Waals surface area contributed by atoms with Gasteiger partial charge in [0, 0.05) is 18.2 Å². The number of hydrogen-bond acceptors (Lipinski definition) is 3. The molecule has 5 heteroatoms. The molecule has 19 heavy (non-hydrogen) atoms. The monoisotopic (exact) mass is 259 g/mol. The van der Waals surface area contributed by atoms with E-state index < -0.39 is 0 Å². The number of methoxy groups -OCH3 is 1. The predicted octanol–water partition coefficient (Wildman–Crippen LogP) is 2.37. The fraction of sp³-hybridized carbons (Fsp3) is 0.286. The molecule has 2 N–H and O–H groups in total. The van der Waals surface area contributed by atoms with Crippen LogP contribution in [0.25, 0.3) is 0 Å². The molecule has 2 aromatic rings. The fourth-order valence-electron chi connectivity index (χ4n) is 1.84. The Labute approximate surface area is 112 Å². The van der Waals surface area contributed by atoms with Gasteiger partial charge in [0.05, 0.1) is 12.8 Å². The summed E-state index contributed by atoms with van der Waals surface area (Å²) in [4.78, 5) is 12.1. The van der Waals surface area contributed by atoms with Crippen LogP contribution in [0.4, 0.5) is 5.82 Å². The summed E-state index contributed by atoms with van der Waals surface area (Å²) in [7, 11) is 1.63. The zero-order chi connectivity index (χ0) is 13.7. The van der Waals surface area contributed by atoms with Gasteiger partial charge in [0.15, 0.2) is 0 Å². The molecular weight excluding hydrogens is 242 g/mol. The van der Waals surface area contributed by atoms with E-state index in [1.807, 2.05) is 25.1 Å². The number of nitrogens with zero attached hydrogens (tertiary/aromatic N) is 1. The molecule has 100 valence electrons. The van der Waals surface area contributed by atoms with Crippen molar-refractivity contribution in [3.63, 3.8) is 0 Å². The number of carbonyl (C=O) groups is 1. The zero-order valence-electron chi connectivity index (χ0n) is 11.1. The number of aromatic amines is 1. The third kappa shape index (κ3) is 3.20. The van der Waals surface area contributed by atoms with Gasteiger partial charge in [-0.25, -0.2) is 0 Å². The number of ether oxygens (including phenoxy) is 1. The molecule has 0 aliphatic heterocycles. The van der Waals surface area contributed by atoms with Crippen LogP contribution in [0.15, 0.2) is 30.5 Å². The Morgan fingerprint density at radius 3 is 3.05 bits per heavy atom. The number of carbonyl (C=O) groups excluding carboxylic acids is 1. The van der Waals surface area contributed by atoms with Crippen LogP contribution < -0.4 is 5.32 Å². The van der Waals surface area contributed by atoms with Crippen molar-refractivity contribution in [2.24, 2.45) is 0 Å². The summed E-state index contributed by atoms with van der Waals surface area (Å²) in [5.74, 6) is 0.501. The summed E-state index contributed by atoms with van der Waals surface area (Å²) >= 11 is 0. The van der Waals surface area contributed by atoms with Crippen LogP contribution in [0, 0.1) is 0 Å². The van der Waals surface area contributed by atoms with Gasteiger partial charge in [0.1, 0.15) is 5.82 Å². The van der Waals surface area contributed by atoms with Gasteiger partial charge in [-0.05, 0) is 24.1 Å². The van der Waals surface area contributed by atoms with Crippen molar-refractivity contribution < 1.29 is 9.53 Å². The second-order valence-corrected chi connectivity index (χ2v) is 4.21. The van der Waals surface area contributed by atoms with Crippen LogP contribution in [0.2, 0.25) is 0 Å². The van der Waals surface area contributed by atoms with Crippen molar-refractivity contribution in [1.29, 1.82) is 0 Å². The molecule has 0 bridgehead atoms. The molecule has 1 aromatic heterocycles. The van der Waals surface area contributed by atoms with Gasteiger partial charge in [-0.3, -0.25) is 9.89 Å². The van der Waals surface area contributed by atoms with E-state index >= 15 is 0 Å². The van der Waals surface area contributed by atoms with Crippen molar-refractivity contribution >= 4 is 11.7 Å². The molecular formula is C14H17N3O2. The van der Waals surface area contributed by atoms with Crippen LogP contribution in [-0.4, -0.2) is 23.2 Å². The van der Waals surface area contributed by atoms with Crippen molar-refractivity contribution in [1.82, 2.24) is 10.2 Å². The van der Waals surface area contributed by atoms with E-state index in [1.54, 1.807) is 19.4 Å². The standard InChI is InChI=1S/C14H17N3O2/c1-3-11-8-15-17-13(11)16-14(18)12-6-4-5-10(7-12)9-19-2/h4-8H,3,9H2,1-2H3,(H2,15,16,17,18). The third-order valence-corrected chi connectivity index (χ3v) is 2.84. The smallest absolute Gasteiger partial charge is 0.256 e. The molecule has 0 spiro atoms. The SMILES string of the molecule is CCc1cn[nH]c1NC(=O)c1cccc(COC)c1. The summed E-state index contributed by atoms with van der Waals surface area (Å²) in [5, 5.41) is 9.55. The highest BCUT2D eigenvalue weighted by atomic mass is 16.5. The van der Waals surface area contributed by atoms with Crippen molar-refractivity contribution in [3.05, 3.63) is 47.2 Å². The van der Waals surface area contributed by atoms with E-state index in [4.69, 9.17) is 4.74 Å². The average Bonchev–Trinajstić information content (AvgIpc) is 2.86. The van der Waals surface area contributed by atoms with E-state index in [2.05, 4.69) is 15.5 Å². The normalized spacial score (nSPS) is 10.4. The molecule has 0 unspecified atom stereocenters. The Hall–Kier alpha value is -2.14. The van der Waals surface area contributed by atoms with Crippen molar-refractivity contribution in [2.75, 3.05) is 12.4 Å². The van der Waals surface area contributed by atoms with E-state index in [0.717, 1.165) is 17.5 Å². The maximum atomic E-state index is 12.1. The number of nitrogens with one attached hydrogen (secondary N) is 2. The highest BCUT2D eigenvalue weighted by molar-refractivity contribution is 6.04. The average molecular weight is 259 g/mol. The van der Waals surface area contributed by atoms with Gasteiger partial charge in [-0.2, -0.15) is 5.10 Å². The molecule has 0 atom stereocenters. The van der Waals surface area contributed by atoms with Crippen molar-refractivity contribution in [2.45, 2.75) is 20.0 Å². The number of anilines is 1. The second-order valence-electron chi connectivity index (χ2n) is 4.21.